The van der Waals surface area contributed by atoms with Gasteiger partial charge in [-0.05, 0) is 0 Å². The molecule has 4 heteroatoms. The Morgan fingerprint density at radius 1 is 1.33 bits per heavy atom. The molecule has 0 atom stereocenters. The van der Waals surface area contributed by atoms with Crippen molar-refractivity contribution in [3.63, 3.8) is 0 Å². The SMILES string of the molecule is COc1cc(CO)nc(OC)c1. The maximum atomic E-state index is 8.80. The van der Waals surface area contributed by atoms with Gasteiger partial charge in [-0.15, -0.1) is 0 Å². The summed E-state index contributed by atoms with van der Waals surface area (Å²) >= 11 is 0. The van der Waals surface area contributed by atoms with E-state index in [-0.39, 0.29) is 6.61 Å². The first-order valence-corrected chi connectivity index (χ1v) is 3.50. The normalized spacial score (nSPS) is 9.58. The Labute approximate surface area is 70.8 Å². The molecular weight excluding hydrogens is 158 g/mol. The van der Waals surface area contributed by atoms with E-state index < -0.39 is 0 Å². The van der Waals surface area contributed by atoms with E-state index in [0.717, 1.165) is 0 Å². The third-order valence-corrected chi connectivity index (χ3v) is 1.44. The molecule has 4 nitrogen and oxygen atoms in total. The van der Waals surface area contributed by atoms with E-state index in [1.807, 2.05) is 0 Å². The molecule has 0 amide bonds. The molecule has 0 aliphatic rings. The lowest BCUT2D eigenvalue weighted by molar-refractivity contribution is 0.273. The van der Waals surface area contributed by atoms with Gasteiger partial charge in [-0.1, -0.05) is 0 Å². The number of aliphatic hydroxyl groups excluding tert-OH is 1. The fourth-order valence-electron chi connectivity index (χ4n) is 0.837. The van der Waals surface area contributed by atoms with Crippen molar-refractivity contribution in [1.29, 1.82) is 0 Å². The van der Waals surface area contributed by atoms with Crippen LogP contribution in [0.15, 0.2) is 12.1 Å². The molecule has 0 saturated heterocycles. The Kier molecular flexibility index (Phi) is 2.88. The molecule has 66 valence electrons. The Morgan fingerprint density at radius 3 is 2.58 bits per heavy atom. The van der Waals surface area contributed by atoms with Crippen LogP contribution in [0.5, 0.6) is 11.6 Å². The van der Waals surface area contributed by atoms with Gasteiger partial charge in [-0.3, -0.25) is 0 Å². The van der Waals surface area contributed by atoms with Crippen molar-refractivity contribution < 1.29 is 14.6 Å². The number of aliphatic hydroxyl groups is 1. The quantitative estimate of drug-likeness (QED) is 0.719. The molecule has 1 N–H and O–H groups in total. The van der Waals surface area contributed by atoms with Crippen molar-refractivity contribution in [3.8, 4) is 11.6 Å². The largest absolute Gasteiger partial charge is 0.496 e. The Balaban J connectivity index is 3.01. The van der Waals surface area contributed by atoms with E-state index in [1.54, 1.807) is 19.2 Å². The number of hydrogen-bond donors (Lipinski definition) is 1. The third-order valence-electron chi connectivity index (χ3n) is 1.44. The monoisotopic (exact) mass is 169 g/mol. The fourth-order valence-corrected chi connectivity index (χ4v) is 0.837. The average molecular weight is 169 g/mol. The first-order chi connectivity index (χ1) is 5.80. The number of ether oxygens (including phenoxy) is 2. The van der Waals surface area contributed by atoms with Crippen LogP contribution in [-0.2, 0) is 6.61 Å². The summed E-state index contributed by atoms with van der Waals surface area (Å²) in [6.07, 6.45) is 0. The molecule has 1 aromatic rings. The lowest BCUT2D eigenvalue weighted by Gasteiger charge is -2.04. The molecule has 0 aliphatic carbocycles. The van der Waals surface area contributed by atoms with Gasteiger partial charge in [0.1, 0.15) is 5.75 Å². The summed E-state index contributed by atoms with van der Waals surface area (Å²) in [4.78, 5) is 3.97. The lowest BCUT2D eigenvalue weighted by atomic mass is 10.3. The summed E-state index contributed by atoms with van der Waals surface area (Å²) in [5.74, 6) is 1.07. The standard InChI is InChI=1S/C8H11NO3/c1-11-7-3-6(5-10)9-8(4-7)12-2/h3-4,10H,5H2,1-2H3. The van der Waals surface area contributed by atoms with Gasteiger partial charge >= 0.3 is 0 Å². The van der Waals surface area contributed by atoms with Crippen LogP contribution in [0.3, 0.4) is 0 Å². The van der Waals surface area contributed by atoms with Gasteiger partial charge in [0.2, 0.25) is 5.88 Å². The first-order valence-electron chi connectivity index (χ1n) is 3.50. The first kappa shape index (κ1) is 8.80. The van der Waals surface area contributed by atoms with Crippen LogP contribution in [-0.4, -0.2) is 24.3 Å². The number of aromatic nitrogens is 1. The predicted octanol–water partition coefficient (Wildman–Crippen LogP) is 0.591. The number of nitrogens with zero attached hydrogens (tertiary/aromatic N) is 1. The van der Waals surface area contributed by atoms with Gasteiger partial charge in [0.05, 0.1) is 26.5 Å². The topological polar surface area (TPSA) is 51.6 Å². The summed E-state index contributed by atoms with van der Waals surface area (Å²) in [6.45, 7) is -0.118. The van der Waals surface area contributed by atoms with Crippen molar-refractivity contribution >= 4 is 0 Å². The molecular formula is C8H11NO3. The van der Waals surface area contributed by atoms with Crippen molar-refractivity contribution in [3.05, 3.63) is 17.8 Å². The molecule has 1 rings (SSSR count). The van der Waals surface area contributed by atoms with Gasteiger partial charge in [-0.25, -0.2) is 4.98 Å². The smallest absolute Gasteiger partial charge is 0.217 e. The van der Waals surface area contributed by atoms with Crippen LogP contribution in [0.2, 0.25) is 0 Å². The zero-order valence-corrected chi connectivity index (χ0v) is 7.07. The Morgan fingerprint density at radius 2 is 2.08 bits per heavy atom. The second-order valence-electron chi connectivity index (χ2n) is 2.20. The van der Waals surface area contributed by atoms with Crippen LogP contribution in [0.25, 0.3) is 0 Å². The minimum absolute atomic E-state index is 0.118. The minimum Gasteiger partial charge on any atom is -0.496 e. The maximum Gasteiger partial charge on any atom is 0.217 e. The summed E-state index contributed by atoms with van der Waals surface area (Å²) < 4.78 is 9.86. The lowest BCUT2D eigenvalue weighted by Crippen LogP contribution is -1.95. The second kappa shape index (κ2) is 3.92. The Hall–Kier alpha value is -1.29. The zero-order chi connectivity index (χ0) is 8.97. The maximum absolute atomic E-state index is 8.80. The molecule has 1 aromatic heterocycles. The summed E-state index contributed by atoms with van der Waals surface area (Å²) in [7, 11) is 3.07. The number of methoxy groups -OCH3 is 2. The molecule has 0 radical (unpaired) electrons. The number of pyridine rings is 1. The number of hydrogen-bond acceptors (Lipinski definition) is 4. The van der Waals surface area contributed by atoms with Crippen molar-refractivity contribution in [2.75, 3.05) is 14.2 Å². The van der Waals surface area contributed by atoms with Crippen molar-refractivity contribution in [2.24, 2.45) is 0 Å². The van der Waals surface area contributed by atoms with E-state index in [2.05, 4.69) is 4.98 Å². The average Bonchev–Trinajstić information content (AvgIpc) is 2.16. The molecule has 0 spiro atoms. The van der Waals surface area contributed by atoms with E-state index in [0.29, 0.717) is 17.3 Å². The molecule has 0 fully saturated rings. The second-order valence-corrected chi connectivity index (χ2v) is 2.20. The molecule has 0 aromatic carbocycles. The summed E-state index contributed by atoms with van der Waals surface area (Å²) in [6, 6.07) is 3.31. The van der Waals surface area contributed by atoms with Gasteiger partial charge in [0, 0.05) is 12.1 Å². The zero-order valence-electron chi connectivity index (χ0n) is 7.07. The highest BCUT2D eigenvalue weighted by molar-refractivity contribution is 5.29. The van der Waals surface area contributed by atoms with E-state index in [9.17, 15) is 0 Å². The van der Waals surface area contributed by atoms with E-state index >= 15 is 0 Å². The van der Waals surface area contributed by atoms with Crippen molar-refractivity contribution in [2.45, 2.75) is 6.61 Å². The molecule has 0 unspecified atom stereocenters. The minimum atomic E-state index is -0.118. The summed E-state index contributed by atoms with van der Waals surface area (Å²) in [5.41, 5.74) is 0.534. The van der Waals surface area contributed by atoms with Gasteiger partial charge in [0.15, 0.2) is 0 Å². The van der Waals surface area contributed by atoms with Gasteiger partial charge < -0.3 is 14.6 Å². The van der Waals surface area contributed by atoms with Crippen LogP contribution in [0.4, 0.5) is 0 Å². The van der Waals surface area contributed by atoms with Gasteiger partial charge in [0.25, 0.3) is 0 Å². The summed E-state index contributed by atoms with van der Waals surface area (Å²) in [5, 5.41) is 8.80. The number of rotatable bonds is 3. The van der Waals surface area contributed by atoms with Crippen LogP contribution in [0, 0.1) is 0 Å². The molecule has 1 heterocycles. The predicted molar refractivity (Wildman–Crippen MR) is 43.3 cm³/mol. The highest BCUT2D eigenvalue weighted by Crippen LogP contribution is 2.18. The van der Waals surface area contributed by atoms with E-state index in [4.69, 9.17) is 14.6 Å². The molecule has 0 bridgehead atoms. The van der Waals surface area contributed by atoms with Crippen LogP contribution >= 0.6 is 0 Å². The molecule has 0 aliphatic heterocycles. The highest BCUT2D eigenvalue weighted by atomic mass is 16.5. The van der Waals surface area contributed by atoms with Crippen molar-refractivity contribution in [1.82, 2.24) is 4.98 Å². The fraction of sp³-hybridized carbons (Fsp3) is 0.375. The van der Waals surface area contributed by atoms with Crippen LogP contribution < -0.4 is 9.47 Å². The third kappa shape index (κ3) is 1.85. The Bertz CT molecular complexity index is 207. The highest BCUT2D eigenvalue weighted by Gasteiger charge is 2.01. The molecule has 12 heavy (non-hydrogen) atoms. The van der Waals surface area contributed by atoms with Crippen LogP contribution in [0.1, 0.15) is 5.69 Å². The molecule has 0 saturated carbocycles. The van der Waals surface area contributed by atoms with E-state index in [1.165, 1.54) is 7.11 Å². The van der Waals surface area contributed by atoms with Gasteiger partial charge in [-0.2, -0.15) is 0 Å².